The molecule has 1 fully saturated rings. The van der Waals surface area contributed by atoms with Crippen molar-refractivity contribution in [3.8, 4) is 0 Å². The van der Waals surface area contributed by atoms with Gasteiger partial charge in [-0.2, -0.15) is 0 Å². The van der Waals surface area contributed by atoms with Crippen molar-refractivity contribution >= 4 is 17.2 Å². The first kappa shape index (κ1) is 13.1. The first-order valence-corrected chi connectivity index (χ1v) is 7.42. The van der Waals surface area contributed by atoms with Gasteiger partial charge >= 0.3 is 0 Å². The fraction of sp³-hybridized carbons (Fsp3) is 0.500. The van der Waals surface area contributed by atoms with Crippen molar-refractivity contribution in [2.75, 3.05) is 12.5 Å². The summed E-state index contributed by atoms with van der Waals surface area (Å²) in [6.45, 7) is 0.639. The molecule has 1 aromatic rings. The van der Waals surface area contributed by atoms with Gasteiger partial charge in [0.25, 0.3) is 0 Å². The molecule has 1 aliphatic carbocycles. The van der Waals surface area contributed by atoms with E-state index in [0.29, 0.717) is 18.4 Å². The summed E-state index contributed by atoms with van der Waals surface area (Å²) in [5.41, 5.74) is 2.28. The van der Waals surface area contributed by atoms with Gasteiger partial charge in [-0.3, -0.25) is 0 Å². The van der Waals surface area contributed by atoms with Crippen LogP contribution in [-0.2, 0) is 4.74 Å². The summed E-state index contributed by atoms with van der Waals surface area (Å²) in [6, 6.07) is 6.74. The Balaban J connectivity index is 1.85. The molecule has 2 aliphatic rings. The molecule has 1 spiro atoms. The van der Waals surface area contributed by atoms with E-state index in [4.69, 9.17) is 16.3 Å². The van der Waals surface area contributed by atoms with Gasteiger partial charge in [-0.25, -0.2) is 4.39 Å². The maximum absolute atomic E-state index is 13.0. The molecule has 1 aromatic carbocycles. The zero-order valence-electron chi connectivity index (χ0n) is 10.9. The van der Waals surface area contributed by atoms with E-state index in [2.05, 4.69) is 6.08 Å². The molecule has 0 N–H and O–H groups in total. The molecule has 3 rings (SSSR count). The van der Waals surface area contributed by atoms with Crippen molar-refractivity contribution in [1.82, 2.24) is 0 Å². The second-order valence-electron chi connectivity index (χ2n) is 5.53. The van der Waals surface area contributed by atoms with Gasteiger partial charge in [-0.05, 0) is 36.1 Å². The molecule has 2 unspecified atom stereocenters. The highest BCUT2D eigenvalue weighted by Crippen LogP contribution is 2.47. The smallest absolute Gasteiger partial charge is 0.123 e. The third-order valence-corrected chi connectivity index (χ3v) is 4.86. The van der Waals surface area contributed by atoms with Gasteiger partial charge in [0, 0.05) is 18.2 Å². The van der Waals surface area contributed by atoms with E-state index < -0.39 is 0 Å². The first-order chi connectivity index (χ1) is 9.23. The molecular formula is C16H18ClFO. The largest absolute Gasteiger partial charge is 0.370 e. The van der Waals surface area contributed by atoms with E-state index in [9.17, 15) is 4.39 Å². The average Bonchev–Trinajstić information content (AvgIpc) is 2.82. The third-order valence-electron chi connectivity index (χ3n) is 4.49. The SMILES string of the molecule is Fc1ccc(C2=CCOC3(CCCC3CCl)C2)cc1. The van der Waals surface area contributed by atoms with E-state index in [0.717, 1.165) is 24.8 Å². The van der Waals surface area contributed by atoms with E-state index in [-0.39, 0.29) is 11.4 Å². The van der Waals surface area contributed by atoms with E-state index in [1.807, 2.05) is 12.1 Å². The number of hydrogen-bond acceptors (Lipinski definition) is 1. The second-order valence-corrected chi connectivity index (χ2v) is 5.84. The highest BCUT2D eigenvalue weighted by atomic mass is 35.5. The maximum atomic E-state index is 13.0. The summed E-state index contributed by atoms with van der Waals surface area (Å²) in [4.78, 5) is 0. The first-order valence-electron chi connectivity index (χ1n) is 6.88. The summed E-state index contributed by atoms with van der Waals surface area (Å²) in [5, 5.41) is 0. The van der Waals surface area contributed by atoms with E-state index in [1.165, 1.54) is 24.1 Å². The van der Waals surface area contributed by atoms with Gasteiger partial charge < -0.3 is 4.74 Å². The number of halogens is 2. The van der Waals surface area contributed by atoms with E-state index >= 15 is 0 Å². The number of rotatable bonds is 2. The quantitative estimate of drug-likeness (QED) is 0.729. The Morgan fingerprint density at radius 1 is 1.32 bits per heavy atom. The highest BCUT2D eigenvalue weighted by molar-refractivity contribution is 6.18. The minimum absolute atomic E-state index is 0.0831. The van der Waals surface area contributed by atoms with Crippen LogP contribution in [0.5, 0.6) is 0 Å². The summed E-state index contributed by atoms with van der Waals surface area (Å²) in [5.74, 6) is 0.917. The Morgan fingerprint density at radius 3 is 2.84 bits per heavy atom. The number of alkyl halides is 1. The number of benzene rings is 1. The highest BCUT2D eigenvalue weighted by Gasteiger charge is 2.45. The lowest BCUT2D eigenvalue weighted by atomic mass is 9.82. The van der Waals surface area contributed by atoms with Crippen LogP contribution in [0.4, 0.5) is 4.39 Å². The van der Waals surface area contributed by atoms with Crippen LogP contribution in [0.2, 0.25) is 0 Å². The van der Waals surface area contributed by atoms with Crippen LogP contribution in [0.15, 0.2) is 30.3 Å². The van der Waals surface area contributed by atoms with Gasteiger partial charge in [-0.1, -0.05) is 24.6 Å². The predicted octanol–water partition coefficient (Wildman–Crippen LogP) is 4.41. The van der Waals surface area contributed by atoms with Gasteiger partial charge in [0.05, 0.1) is 12.2 Å². The molecule has 2 atom stereocenters. The fourth-order valence-corrected chi connectivity index (χ4v) is 3.83. The Labute approximate surface area is 118 Å². The Bertz CT molecular complexity index is 482. The molecule has 0 radical (unpaired) electrons. The van der Waals surface area contributed by atoms with Crippen LogP contribution in [0.3, 0.4) is 0 Å². The average molecular weight is 281 g/mol. The fourth-order valence-electron chi connectivity index (χ4n) is 3.39. The summed E-state index contributed by atoms with van der Waals surface area (Å²) in [7, 11) is 0. The summed E-state index contributed by atoms with van der Waals surface area (Å²) < 4.78 is 19.1. The van der Waals surface area contributed by atoms with Crippen LogP contribution >= 0.6 is 11.6 Å². The van der Waals surface area contributed by atoms with Crippen molar-refractivity contribution in [3.63, 3.8) is 0 Å². The van der Waals surface area contributed by atoms with Gasteiger partial charge in [0.15, 0.2) is 0 Å². The molecular weight excluding hydrogens is 263 g/mol. The topological polar surface area (TPSA) is 9.23 Å². The molecule has 0 amide bonds. The molecule has 1 saturated carbocycles. The van der Waals surface area contributed by atoms with Crippen LogP contribution in [0.25, 0.3) is 5.57 Å². The lowest BCUT2D eigenvalue weighted by molar-refractivity contribution is -0.0558. The van der Waals surface area contributed by atoms with Crippen molar-refractivity contribution in [3.05, 3.63) is 41.7 Å². The van der Waals surface area contributed by atoms with Crippen LogP contribution in [0, 0.1) is 11.7 Å². The molecule has 1 aliphatic heterocycles. The predicted molar refractivity (Wildman–Crippen MR) is 75.7 cm³/mol. The number of ether oxygens (including phenoxy) is 1. The van der Waals surface area contributed by atoms with Crippen molar-refractivity contribution in [2.24, 2.45) is 5.92 Å². The molecule has 1 nitrogen and oxygen atoms in total. The molecule has 19 heavy (non-hydrogen) atoms. The van der Waals surface area contributed by atoms with Gasteiger partial charge in [-0.15, -0.1) is 11.6 Å². The molecule has 0 saturated heterocycles. The van der Waals surface area contributed by atoms with Crippen LogP contribution in [-0.4, -0.2) is 18.1 Å². The zero-order chi connectivity index (χ0) is 13.3. The molecule has 102 valence electrons. The Hall–Kier alpha value is -0.860. The molecule has 0 bridgehead atoms. The maximum Gasteiger partial charge on any atom is 0.123 e. The number of hydrogen-bond donors (Lipinski definition) is 0. The van der Waals surface area contributed by atoms with Gasteiger partial charge in [0.1, 0.15) is 5.82 Å². The Kier molecular flexibility index (Phi) is 3.64. The lowest BCUT2D eigenvalue weighted by Gasteiger charge is -2.38. The van der Waals surface area contributed by atoms with Crippen LogP contribution < -0.4 is 0 Å². The summed E-state index contributed by atoms with van der Waals surface area (Å²) >= 11 is 6.10. The minimum Gasteiger partial charge on any atom is -0.370 e. The molecule has 3 heteroatoms. The summed E-state index contributed by atoms with van der Waals surface area (Å²) in [6.07, 6.45) is 6.44. The third kappa shape index (κ3) is 2.44. The Morgan fingerprint density at radius 2 is 2.11 bits per heavy atom. The molecule has 1 heterocycles. The van der Waals surface area contributed by atoms with Gasteiger partial charge in [0.2, 0.25) is 0 Å². The van der Waals surface area contributed by atoms with E-state index in [1.54, 1.807) is 0 Å². The minimum atomic E-state index is -0.189. The lowest BCUT2D eigenvalue weighted by Crippen LogP contribution is -2.40. The monoisotopic (exact) mass is 280 g/mol. The molecule has 0 aromatic heterocycles. The van der Waals surface area contributed by atoms with Crippen molar-refractivity contribution in [2.45, 2.75) is 31.3 Å². The van der Waals surface area contributed by atoms with Crippen molar-refractivity contribution in [1.29, 1.82) is 0 Å². The normalized spacial score (nSPS) is 30.6. The standard InChI is InChI=1S/C16H18ClFO/c17-11-14-2-1-8-16(14)10-13(7-9-19-16)12-3-5-15(18)6-4-12/h3-7,14H,1-2,8-11H2. The van der Waals surface area contributed by atoms with Crippen molar-refractivity contribution < 1.29 is 9.13 Å². The second kappa shape index (κ2) is 5.26. The zero-order valence-corrected chi connectivity index (χ0v) is 11.6. The van der Waals surface area contributed by atoms with Crippen LogP contribution in [0.1, 0.15) is 31.2 Å².